The van der Waals surface area contributed by atoms with E-state index < -0.39 is 0 Å². The molecule has 0 spiro atoms. The van der Waals surface area contributed by atoms with E-state index in [4.69, 9.17) is 0 Å². The molecule has 1 heterocycles. The normalized spacial score (nSPS) is 10.2. The van der Waals surface area contributed by atoms with Gasteiger partial charge in [-0.1, -0.05) is 28.1 Å². The minimum absolute atomic E-state index is 0.145. The van der Waals surface area contributed by atoms with Crippen LogP contribution in [0.5, 0.6) is 0 Å². The lowest BCUT2D eigenvalue weighted by atomic mass is 10.2. The maximum absolute atomic E-state index is 12.3. The van der Waals surface area contributed by atoms with Crippen LogP contribution in [0.3, 0.4) is 0 Å². The Bertz CT molecular complexity index is 598. The predicted molar refractivity (Wildman–Crippen MR) is 86.1 cm³/mol. The van der Waals surface area contributed by atoms with Crippen LogP contribution in [0.4, 0.5) is 5.82 Å². The van der Waals surface area contributed by atoms with E-state index in [0.29, 0.717) is 18.1 Å². The highest BCUT2D eigenvalue weighted by Crippen LogP contribution is 2.13. The average molecular weight is 349 g/mol. The van der Waals surface area contributed by atoms with Crippen LogP contribution >= 0.6 is 15.9 Å². The fourth-order valence-corrected chi connectivity index (χ4v) is 2.12. The summed E-state index contributed by atoms with van der Waals surface area (Å²) in [6.45, 7) is 3.28. The molecule has 0 aliphatic carbocycles. The summed E-state index contributed by atoms with van der Waals surface area (Å²) in [6, 6.07) is 11.3. The molecule has 0 atom stereocenters. The monoisotopic (exact) mass is 348 g/mol. The average Bonchev–Trinajstić information content (AvgIpc) is 2.50. The summed E-state index contributed by atoms with van der Waals surface area (Å²) < 4.78 is 1.02. The third kappa shape index (κ3) is 4.26. The van der Waals surface area contributed by atoms with Crippen LogP contribution < -0.4 is 5.32 Å². The summed E-state index contributed by atoms with van der Waals surface area (Å²) in [4.78, 5) is 13.9. The van der Waals surface area contributed by atoms with Gasteiger partial charge < -0.3 is 10.2 Å². The van der Waals surface area contributed by atoms with Crippen LogP contribution in [0.1, 0.15) is 23.0 Å². The van der Waals surface area contributed by atoms with Crippen molar-refractivity contribution in [3.05, 3.63) is 52.1 Å². The number of nitrogens with zero attached hydrogens (tertiary/aromatic N) is 3. The number of carbonyl (C=O) groups is 1. The highest BCUT2D eigenvalue weighted by molar-refractivity contribution is 9.10. The van der Waals surface area contributed by atoms with Crippen molar-refractivity contribution >= 4 is 27.7 Å². The van der Waals surface area contributed by atoms with Gasteiger partial charge in [-0.05, 0) is 36.8 Å². The van der Waals surface area contributed by atoms with Gasteiger partial charge in [-0.25, -0.2) is 0 Å². The summed E-state index contributed by atoms with van der Waals surface area (Å²) in [5.74, 6) is 0.526. The molecule has 2 rings (SSSR count). The number of carbonyl (C=O) groups excluding carboxylic acids is 1. The van der Waals surface area contributed by atoms with Crippen molar-refractivity contribution in [3.8, 4) is 0 Å². The summed E-state index contributed by atoms with van der Waals surface area (Å²) >= 11 is 3.39. The van der Waals surface area contributed by atoms with E-state index in [1.54, 1.807) is 24.1 Å². The molecule has 1 N–H and O–H groups in total. The molecule has 0 radical (unpaired) electrons. The number of hydrogen-bond donors (Lipinski definition) is 1. The second-order valence-electron chi connectivity index (χ2n) is 4.62. The van der Waals surface area contributed by atoms with Crippen LogP contribution in [0.15, 0.2) is 40.9 Å². The van der Waals surface area contributed by atoms with Gasteiger partial charge in [-0.3, -0.25) is 4.79 Å². The Kier molecular flexibility index (Phi) is 5.27. The molecule has 0 saturated heterocycles. The van der Waals surface area contributed by atoms with Gasteiger partial charge in [-0.15, -0.1) is 10.2 Å². The molecule has 110 valence electrons. The van der Waals surface area contributed by atoms with E-state index in [2.05, 4.69) is 31.4 Å². The lowest BCUT2D eigenvalue weighted by molar-refractivity contribution is 0.0778. The molecule has 0 fully saturated rings. The molecule has 0 aliphatic rings. The Morgan fingerprint density at radius 3 is 2.48 bits per heavy atom. The van der Waals surface area contributed by atoms with Crippen molar-refractivity contribution in [2.75, 3.05) is 18.9 Å². The quantitative estimate of drug-likeness (QED) is 0.902. The van der Waals surface area contributed by atoms with Gasteiger partial charge in [0, 0.05) is 24.6 Å². The van der Waals surface area contributed by atoms with Crippen molar-refractivity contribution in [3.63, 3.8) is 0 Å². The minimum atomic E-state index is -0.145. The van der Waals surface area contributed by atoms with Crippen molar-refractivity contribution in [2.24, 2.45) is 0 Å². The van der Waals surface area contributed by atoms with Gasteiger partial charge in [0.1, 0.15) is 5.82 Å². The topological polar surface area (TPSA) is 58.1 Å². The zero-order valence-corrected chi connectivity index (χ0v) is 13.6. The van der Waals surface area contributed by atoms with Crippen molar-refractivity contribution in [1.82, 2.24) is 15.1 Å². The van der Waals surface area contributed by atoms with E-state index >= 15 is 0 Å². The summed E-state index contributed by atoms with van der Waals surface area (Å²) in [5, 5.41) is 11.0. The molecular weight excluding hydrogens is 332 g/mol. The maximum Gasteiger partial charge on any atom is 0.274 e. The Balaban J connectivity index is 2.02. The highest BCUT2D eigenvalue weighted by Gasteiger charge is 2.14. The standard InChI is InChI=1S/C15H17BrN4O/c1-3-17-14-9-8-13(18-19-14)15(21)20(2)10-11-4-6-12(16)7-5-11/h4-9H,3,10H2,1-2H3,(H,17,19). The number of rotatable bonds is 5. The van der Waals surface area contributed by atoms with Gasteiger partial charge in [0.25, 0.3) is 5.91 Å². The molecule has 6 heteroatoms. The molecule has 2 aromatic rings. The first-order chi connectivity index (χ1) is 10.1. The molecule has 21 heavy (non-hydrogen) atoms. The van der Waals surface area contributed by atoms with Crippen molar-refractivity contribution < 1.29 is 4.79 Å². The number of nitrogens with one attached hydrogen (secondary N) is 1. The fourth-order valence-electron chi connectivity index (χ4n) is 1.85. The third-order valence-corrected chi connectivity index (χ3v) is 3.45. The number of halogens is 1. The second-order valence-corrected chi connectivity index (χ2v) is 5.54. The number of aromatic nitrogens is 2. The van der Waals surface area contributed by atoms with Gasteiger partial charge in [0.2, 0.25) is 0 Å². The van der Waals surface area contributed by atoms with Gasteiger partial charge >= 0.3 is 0 Å². The van der Waals surface area contributed by atoms with Crippen molar-refractivity contribution in [2.45, 2.75) is 13.5 Å². The van der Waals surface area contributed by atoms with Gasteiger partial charge in [-0.2, -0.15) is 0 Å². The van der Waals surface area contributed by atoms with Gasteiger partial charge in [0.15, 0.2) is 5.69 Å². The van der Waals surface area contributed by atoms with Crippen LogP contribution in [0.2, 0.25) is 0 Å². The molecule has 0 unspecified atom stereocenters. The zero-order valence-electron chi connectivity index (χ0n) is 12.0. The molecule has 1 aromatic heterocycles. The minimum Gasteiger partial charge on any atom is -0.369 e. The van der Waals surface area contributed by atoms with E-state index in [-0.39, 0.29) is 5.91 Å². The molecule has 0 bridgehead atoms. The van der Waals surface area contributed by atoms with Crippen LogP contribution in [-0.4, -0.2) is 34.6 Å². The molecular formula is C15H17BrN4O. The lowest BCUT2D eigenvalue weighted by Crippen LogP contribution is -2.27. The Morgan fingerprint density at radius 1 is 1.19 bits per heavy atom. The first-order valence-electron chi connectivity index (χ1n) is 6.67. The first-order valence-corrected chi connectivity index (χ1v) is 7.47. The Labute approximate surface area is 132 Å². The SMILES string of the molecule is CCNc1ccc(C(=O)N(C)Cc2ccc(Br)cc2)nn1. The second kappa shape index (κ2) is 7.17. The van der Waals surface area contributed by atoms with Crippen molar-refractivity contribution in [1.29, 1.82) is 0 Å². The largest absolute Gasteiger partial charge is 0.369 e. The highest BCUT2D eigenvalue weighted by atomic mass is 79.9. The van der Waals surface area contributed by atoms with Crippen LogP contribution in [-0.2, 0) is 6.54 Å². The molecule has 1 amide bonds. The van der Waals surface area contributed by atoms with E-state index in [0.717, 1.165) is 16.6 Å². The zero-order chi connectivity index (χ0) is 15.2. The predicted octanol–water partition coefficient (Wildman–Crippen LogP) is 2.94. The summed E-state index contributed by atoms with van der Waals surface area (Å²) in [6.07, 6.45) is 0. The maximum atomic E-state index is 12.3. The number of benzene rings is 1. The molecule has 5 nitrogen and oxygen atoms in total. The summed E-state index contributed by atoms with van der Waals surface area (Å²) in [7, 11) is 1.75. The number of anilines is 1. The lowest BCUT2D eigenvalue weighted by Gasteiger charge is -2.16. The fraction of sp³-hybridized carbons (Fsp3) is 0.267. The van der Waals surface area contributed by atoms with Crippen LogP contribution in [0, 0.1) is 0 Å². The number of amides is 1. The van der Waals surface area contributed by atoms with E-state index in [1.165, 1.54) is 0 Å². The van der Waals surface area contributed by atoms with Crippen LogP contribution in [0.25, 0.3) is 0 Å². The Hall–Kier alpha value is -1.95. The van der Waals surface area contributed by atoms with Gasteiger partial charge in [0.05, 0.1) is 0 Å². The molecule has 1 aromatic carbocycles. The third-order valence-electron chi connectivity index (χ3n) is 2.92. The first kappa shape index (κ1) is 15.4. The number of hydrogen-bond acceptors (Lipinski definition) is 4. The molecule has 0 aliphatic heterocycles. The smallest absolute Gasteiger partial charge is 0.274 e. The van der Waals surface area contributed by atoms with E-state index in [1.807, 2.05) is 31.2 Å². The Morgan fingerprint density at radius 2 is 1.90 bits per heavy atom. The van der Waals surface area contributed by atoms with E-state index in [9.17, 15) is 4.79 Å². The molecule has 0 saturated carbocycles. The summed E-state index contributed by atoms with van der Waals surface area (Å²) in [5.41, 5.74) is 1.41.